The Morgan fingerprint density at radius 2 is 1.72 bits per heavy atom. The quantitative estimate of drug-likeness (QED) is 0.225. The molecule has 0 radical (unpaired) electrons. The van der Waals surface area contributed by atoms with Crippen molar-refractivity contribution in [3.05, 3.63) is 89.6 Å². The van der Waals surface area contributed by atoms with Crippen LogP contribution in [0.25, 0.3) is 44.3 Å². The second-order valence-corrected chi connectivity index (χ2v) is 11.4. The third-order valence-corrected chi connectivity index (χ3v) is 9.17. The van der Waals surface area contributed by atoms with Gasteiger partial charge >= 0.3 is 0 Å². The minimum atomic E-state index is -2.19. The molecule has 3 atom stereocenters. The number of furan rings is 1. The second-order valence-electron chi connectivity index (χ2n) is 11.4. The van der Waals surface area contributed by atoms with E-state index in [-0.39, 0.29) is 5.56 Å². The van der Waals surface area contributed by atoms with Crippen LogP contribution in [0.3, 0.4) is 0 Å². The normalized spacial score (nSPS) is 24.8. The number of aryl methyl sites for hydroxylation is 2. The Labute approximate surface area is 236 Å². The van der Waals surface area contributed by atoms with Crippen molar-refractivity contribution in [3.8, 4) is 28.5 Å². The average Bonchev–Trinajstić information content (AvgIpc) is 3.39. The van der Waals surface area contributed by atoms with Gasteiger partial charge in [-0.25, -0.2) is 4.57 Å². The summed E-state index contributed by atoms with van der Waals surface area (Å²) in [6, 6.07) is 23.9. The summed E-state index contributed by atoms with van der Waals surface area (Å²) >= 11 is 0. The van der Waals surface area contributed by atoms with E-state index in [4.69, 9.17) is 8.53 Å². The van der Waals surface area contributed by atoms with Gasteiger partial charge in [-0.15, -0.1) is 0 Å². The molecule has 39 heavy (non-hydrogen) atoms. The number of nitrogens with zero attached hydrogens (tertiary/aromatic N) is 2. The van der Waals surface area contributed by atoms with Crippen LogP contribution in [0.2, 0.25) is 0 Å². The monoisotopic (exact) mass is 515 g/mol. The van der Waals surface area contributed by atoms with Crippen molar-refractivity contribution in [2.75, 3.05) is 0 Å². The van der Waals surface area contributed by atoms with Crippen LogP contribution in [0.4, 0.5) is 0 Å². The number of rotatable bonds is 3. The molecule has 0 bridgehead atoms. The van der Waals surface area contributed by atoms with Crippen LogP contribution >= 0.6 is 0 Å². The molecule has 2 saturated carbocycles. The fraction of sp³-hybridized carbons (Fsp3) is 0.333. The number of fused-ring (bicyclic) bond motifs is 4. The fourth-order valence-electron chi connectivity index (χ4n) is 7.18. The highest BCUT2D eigenvalue weighted by Gasteiger charge is 2.32. The zero-order valence-electron chi connectivity index (χ0n) is 26.3. The summed E-state index contributed by atoms with van der Waals surface area (Å²) in [5.41, 5.74) is 6.56. The first-order valence-corrected chi connectivity index (χ1v) is 14.2. The van der Waals surface area contributed by atoms with E-state index in [1.54, 1.807) is 12.3 Å². The maximum Gasteiger partial charge on any atom is 0.216 e. The molecule has 5 aromatic rings. The van der Waals surface area contributed by atoms with Crippen molar-refractivity contribution in [2.24, 2.45) is 18.9 Å². The molecular weight excluding hydrogens is 476 g/mol. The molecule has 2 fully saturated rings. The molecule has 3 unspecified atom stereocenters. The maximum absolute atomic E-state index is 10.1. The predicted molar refractivity (Wildman–Crippen MR) is 157 cm³/mol. The summed E-state index contributed by atoms with van der Waals surface area (Å²) in [6.45, 7) is -2.19. The highest BCUT2D eigenvalue weighted by molar-refractivity contribution is 6.13. The molecule has 2 aliphatic rings. The lowest BCUT2D eigenvalue weighted by Gasteiger charge is -2.39. The minimum Gasteiger partial charge on any atom is -0.454 e. The SMILES string of the molecule is [2H]C([2H])([2H])c1ccc(-c2cccc3c2oc2c(-c4ccc(C5([2H])CCC6CCCCC6C5)cc4)c(C#N)ccc23)[n+](C)c1. The first-order valence-electron chi connectivity index (χ1n) is 16.2. The molecule has 2 aromatic heterocycles. The topological polar surface area (TPSA) is 40.8 Å². The van der Waals surface area contributed by atoms with Gasteiger partial charge in [0.05, 0.1) is 17.2 Å². The highest BCUT2D eigenvalue weighted by atomic mass is 16.3. The van der Waals surface area contributed by atoms with Gasteiger partial charge in [0, 0.05) is 33.4 Å². The van der Waals surface area contributed by atoms with Crippen molar-refractivity contribution in [3.63, 3.8) is 0 Å². The number of pyridine rings is 1. The Bertz CT molecular complexity index is 1900. The molecule has 194 valence electrons. The van der Waals surface area contributed by atoms with E-state index in [1.165, 1.54) is 25.7 Å². The molecule has 7 rings (SSSR count). The van der Waals surface area contributed by atoms with Crippen molar-refractivity contribution in [2.45, 2.75) is 57.7 Å². The van der Waals surface area contributed by atoms with Crippen molar-refractivity contribution in [1.29, 1.82) is 5.26 Å². The molecule has 3 heteroatoms. The van der Waals surface area contributed by atoms with Crippen LogP contribution in [-0.4, -0.2) is 0 Å². The third-order valence-electron chi connectivity index (χ3n) is 9.17. The van der Waals surface area contributed by atoms with E-state index >= 15 is 0 Å². The zero-order chi connectivity index (χ0) is 29.9. The molecule has 2 aliphatic carbocycles. The Morgan fingerprint density at radius 1 is 0.897 bits per heavy atom. The molecule has 0 spiro atoms. The molecular formula is C36H35N2O+. The van der Waals surface area contributed by atoms with Crippen LogP contribution in [0, 0.1) is 30.0 Å². The van der Waals surface area contributed by atoms with Crippen molar-refractivity contribution >= 4 is 21.9 Å². The smallest absolute Gasteiger partial charge is 0.216 e. The standard InChI is InChI=1S/C36H35N2O/c1-23-10-19-33(38(2)22-23)32-9-5-8-30-31-18-17-29(21-37)34(36(31)39-35(30)32)26-14-11-25(12-15-26)28-16-13-24-6-3-4-7-27(24)20-28/h5,8-12,14-15,17-19,22,24,27-28H,3-4,6-7,13,16,20H2,1-2H3/q+1/i1D3,28D. The van der Waals surface area contributed by atoms with Gasteiger partial charge in [0.15, 0.2) is 6.20 Å². The van der Waals surface area contributed by atoms with Crippen LogP contribution in [0.1, 0.15) is 73.0 Å². The van der Waals surface area contributed by atoms with E-state index in [9.17, 15) is 6.63 Å². The van der Waals surface area contributed by atoms with Crippen LogP contribution in [0.5, 0.6) is 0 Å². The zero-order valence-corrected chi connectivity index (χ0v) is 22.3. The fourth-order valence-corrected chi connectivity index (χ4v) is 7.18. The summed E-state index contributed by atoms with van der Waals surface area (Å²) in [5, 5.41) is 12.0. The lowest BCUT2D eigenvalue weighted by molar-refractivity contribution is -0.660. The van der Waals surface area contributed by atoms with Crippen LogP contribution in [-0.2, 0) is 7.05 Å². The number of nitriles is 1. The predicted octanol–water partition coefficient (Wildman–Crippen LogP) is 9.00. The van der Waals surface area contributed by atoms with Gasteiger partial charge in [0.1, 0.15) is 18.2 Å². The molecule has 3 aromatic carbocycles. The molecule has 0 N–H and O–H groups in total. The van der Waals surface area contributed by atoms with Gasteiger partial charge in [0.2, 0.25) is 5.69 Å². The maximum atomic E-state index is 10.1. The molecule has 0 amide bonds. The number of benzene rings is 3. The van der Waals surface area contributed by atoms with E-state index in [1.807, 2.05) is 48.0 Å². The van der Waals surface area contributed by atoms with E-state index in [0.717, 1.165) is 63.9 Å². The summed E-state index contributed by atoms with van der Waals surface area (Å²) in [6.07, 6.45) is 9.85. The molecule has 0 aliphatic heterocycles. The van der Waals surface area contributed by atoms with Crippen LogP contribution in [0.15, 0.2) is 77.3 Å². The lowest BCUT2D eigenvalue weighted by atomic mass is 9.66. The highest BCUT2D eigenvalue weighted by Crippen LogP contribution is 2.47. The number of hydrogen-bond donors (Lipinski definition) is 0. The van der Waals surface area contributed by atoms with Gasteiger partial charge < -0.3 is 4.42 Å². The molecule has 2 heterocycles. The largest absolute Gasteiger partial charge is 0.454 e. The van der Waals surface area contributed by atoms with E-state index in [0.29, 0.717) is 22.6 Å². The summed E-state index contributed by atoms with van der Waals surface area (Å²) in [4.78, 5) is 0. The van der Waals surface area contributed by atoms with Crippen molar-refractivity contribution in [1.82, 2.24) is 0 Å². The van der Waals surface area contributed by atoms with E-state index in [2.05, 4.69) is 30.3 Å². The van der Waals surface area contributed by atoms with Gasteiger partial charge in [-0.05, 0) is 79.2 Å². The summed E-state index contributed by atoms with van der Waals surface area (Å²) in [5.74, 6) is 0.900. The first-order chi connectivity index (χ1) is 20.7. The number of hydrogen-bond acceptors (Lipinski definition) is 2. The summed E-state index contributed by atoms with van der Waals surface area (Å²) in [7, 11) is 1.84. The lowest BCUT2D eigenvalue weighted by Crippen LogP contribution is -2.30. The third kappa shape index (κ3) is 4.14. The van der Waals surface area contributed by atoms with E-state index < -0.39 is 12.7 Å². The first kappa shape index (κ1) is 20.1. The number of para-hydroxylation sites is 1. The second kappa shape index (κ2) is 9.69. The Morgan fingerprint density at radius 3 is 2.51 bits per heavy atom. The molecule has 3 nitrogen and oxygen atoms in total. The minimum absolute atomic E-state index is 0.279. The van der Waals surface area contributed by atoms with Gasteiger partial charge in [0.25, 0.3) is 0 Å². The Hall–Kier alpha value is -3.90. The van der Waals surface area contributed by atoms with Gasteiger partial charge in [-0.2, -0.15) is 5.26 Å². The van der Waals surface area contributed by atoms with Gasteiger partial charge in [-0.3, -0.25) is 0 Å². The molecule has 0 saturated heterocycles. The van der Waals surface area contributed by atoms with Gasteiger partial charge in [-0.1, -0.05) is 62.1 Å². The van der Waals surface area contributed by atoms with Crippen molar-refractivity contribution < 1.29 is 14.5 Å². The Balaban J connectivity index is 1.31. The van der Waals surface area contributed by atoms with Crippen LogP contribution < -0.4 is 4.57 Å². The number of aromatic nitrogens is 1. The average molecular weight is 516 g/mol. The summed E-state index contributed by atoms with van der Waals surface area (Å²) < 4.78 is 41.2. The Kier molecular flexibility index (Phi) is 4.98.